The molecular weight excluding hydrogens is 116 g/mol. The third-order valence-electron chi connectivity index (χ3n) is 0.926. The minimum atomic E-state index is 0.535. The monoisotopic (exact) mass is 128 g/mol. The zero-order valence-electron chi connectivity index (χ0n) is 5.79. The summed E-state index contributed by atoms with van der Waals surface area (Å²) < 4.78 is 0. The quantitative estimate of drug-likeness (QED) is 0.443. The Morgan fingerprint density at radius 3 is 2.67 bits per heavy atom. The van der Waals surface area contributed by atoms with Crippen LogP contribution >= 0.6 is 0 Å². The van der Waals surface area contributed by atoms with Crippen LogP contribution in [0, 0.1) is 0 Å². The summed E-state index contributed by atoms with van der Waals surface area (Å²) in [7, 11) is 3.26. The number of hydrogen-bond acceptors (Lipinski definition) is 3. The van der Waals surface area contributed by atoms with Crippen LogP contribution in [0.15, 0.2) is 24.6 Å². The fourth-order valence-electron chi connectivity index (χ4n) is 0.331. The molecule has 0 aromatic heterocycles. The van der Waals surface area contributed by atoms with Gasteiger partial charge in [-0.1, -0.05) is 12.7 Å². The fraction of sp³-hybridized carbons (Fsp3) is 0.333. The maximum atomic E-state index is 5.43. The predicted molar refractivity (Wildman–Crippen MR) is 37.2 cm³/mol. The van der Waals surface area contributed by atoms with E-state index in [1.165, 1.54) is 5.06 Å². The van der Waals surface area contributed by atoms with Crippen molar-refractivity contribution in [1.29, 1.82) is 0 Å². The first-order chi connectivity index (χ1) is 4.22. The van der Waals surface area contributed by atoms with Gasteiger partial charge in [0, 0.05) is 7.05 Å². The van der Waals surface area contributed by atoms with E-state index in [0.717, 1.165) is 0 Å². The average molecular weight is 128 g/mol. The van der Waals surface area contributed by atoms with Crippen LogP contribution in [0.3, 0.4) is 0 Å². The molecule has 0 radical (unpaired) electrons. The zero-order valence-corrected chi connectivity index (χ0v) is 5.79. The Balaban J connectivity index is 3.84. The highest BCUT2D eigenvalue weighted by atomic mass is 16.7. The number of hydroxylamine groups is 2. The lowest BCUT2D eigenvalue weighted by Gasteiger charge is -2.14. The molecule has 52 valence electrons. The summed E-state index contributed by atoms with van der Waals surface area (Å²) >= 11 is 0. The van der Waals surface area contributed by atoms with Gasteiger partial charge in [-0.25, -0.2) is 5.06 Å². The molecule has 0 aromatic carbocycles. The summed E-state index contributed by atoms with van der Waals surface area (Å²) in [4.78, 5) is 4.76. The highest BCUT2D eigenvalue weighted by molar-refractivity contribution is 5.03. The lowest BCUT2D eigenvalue weighted by atomic mass is 10.5. The molecule has 0 aliphatic carbocycles. The molecule has 0 atom stereocenters. The Hall–Kier alpha value is -0.960. The molecule has 3 heteroatoms. The number of allylic oxidation sites excluding steroid dienone is 2. The summed E-state index contributed by atoms with van der Waals surface area (Å²) in [5.74, 6) is 0.535. The Morgan fingerprint density at radius 1 is 1.78 bits per heavy atom. The molecule has 0 aliphatic rings. The molecule has 0 bridgehead atoms. The lowest BCUT2D eigenvalue weighted by molar-refractivity contribution is -0.0783. The second kappa shape index (κ2) is 3.97. The van der Waals surface area contributed by atoms with Crippen LogP contribution in [0.25, 0.3) is 0 Å². The van der Waals surface area contributed by atoms with Crippen LogP contribution in [-0.2, 0) is 4.84 Å². The molecule has 0 aliphatic heterocycles. The minimum Gasteiger partial charge on any atom is -0.384 e. The summed E-state index contributed by atoms with van der Waals surface area (Å²) in [6, 6.07) is 0. The van der Waals surface area contributed by atoms with Gasteiger partial charge in [0.05, 0.1) is 7.11 Å². The van der Waals surface area contributed by atoms with E-state index in [-0.39, 0.29) is 0 Å². The van der Waals surface area contributed by atoms with Crippen molar-refractivity contribution in [1.82, 2.24) is 5.06 Å². The molecule has 9 heavy (non-hydrogen) atoms. The molecule has 0 aromatic rings. The van der Waals surface area contributed by atoms with E-state index in [9.17, 15) is 0 Å². The van der Waals surface area contributed by atoms with Crippen LogP contribution in [0.5, 0.6) is 0 Å². The molecule has 0 spiro atoms. The van der Waals surface area contributed by atoms with Gasteiger partial charge in [0.25, 0.3) is 0 Å². The zero-order chi connectivity index (χ0) is 7.28. The van der Waals surface area contributed by atoms with Crippen LogP contribution < -0.4 is 5.73 Å². The highest BCUT2D eigenvalue weighted by Crippen LogP contribution is 1.90. The Morgan fingerprint density at radius 2 is 2.33 bits per heavy atom. The average Bonchev–Trinajstić information content (AvgIpc) is 1.87. The summed E-state index contributed by atoms with van der Waals surface area (Å²) in [6.07, 6.45) is 3.26. The van der Waals surface area contributed by atoms with Gasteiger partial charge in [-0.3, -0.25) is 4.84 Å². The molecule has 2 N–H and O–H groups in total. The van der Waals surface area contributed by atoms with E-state index < -0.39 is 0 Å². The fourth-order valence-corrected chi connectivity index (χ4v) is 0.331. The van der Waals surface area contributed by atoms with Gasteiger partial charge in [0.2, 0.25) is 0 Å². The Labute approximate surface area is 55.4 Å². The standard InChI is InChI=1S/C6H12N2O/c1-4-5-6(7)8(2)9-3/h4-5H,1,7H2,2-3H3/b6-5-. The normalized spacial score (nSPS) is 11.1. The van der Waals surface area contributed by atoms with Crippen LogP contribution in [0.4, 0.5) is 0 Å². The first-order valence-corrected chi connectivity index (χ1v) is 2.58. The van der Waals surface area contributed by atoms with Crippen LogP contribution in [-0.4, -0.2) is 19.2 Å². The Bertz CT molecular complexity index is 120. The second-order valence-corrected chi connectivity index (χ2v) is 1.51. The predicted octanol–water partition coefficient (Wildman–Crippen LogP) is 0.466. The van der Waals surface area contributed by atoms with E-state index in [0.29, 0.717) is 5.82 Å². The van der Waals surface area contributed by atoms with Gasteiger partial charge >= 0.3 is 0 Å². The van der Waals surface area contributed by atoms with Gasteiger partial charge in [-0.15, -0.1) is 0 Å². The topological polar surface area (TPSA) is 38.5 Å². The third-order valence-corrected chi connectivity index (χ3v) is 0.926. The SMILES string of the molecule is C=C/C=C(/N)N(C)OC. The summed E-state index contributed by atoms with van der Waals surface area (Å²) in [5.41, 5.74) is 5.43. The number of nitrogens with two attached hydrogens (primary N) is 1. The molecule has 0 saturated carbocycles. The maximum Gasteiger partial charge on any atom is 0.123 e. The van der Waals surface area contributed by atoms with Gasteiger partial charge in [0.15, 0.2) is 0 Å². The van der Waals surface area contributed by atoms with Crippen LogP contribution in [0.2, 0.25) is 0 Å². The molecule has 3 nitrogen and oxygen atoms in total. The summed E-state index contributed by atoms with van der Waals surface area (Å²) in [5, 5.41) is 1.45. The minimum absolute atomic E-state index is 0.535. The van der Waals surface area contributed by atoms with Gasteiger partial charge < -0.3 is 5.73 Å². The first-order valence-electron chi connectivity index (χ1n) is 2.58. The molecule has 0 rings (SSSR count). The molecule has 0 amide bonds. The van der Waals surface area contributed by atoms with Crippen molar-refractivity contribution in [3.63, 3.8) is 0 Å². The first kappa shape index (κ1) is 8.04. The van der Waals surface area contributed by atoms with Crippen molar-refractivity contribution in [3.8, 4) is 0 Å². The van der Waals surface area contributed by atoms with Crippen molar-refractivity contribution < 1.29 is 4.84 Å². The van der Waals surface area contributed by atoms with E-state index in [4.69, 9.17) is 10.6 Å². The van der Waals surface area contributed by atoms with Gasteiger partial charge in [-0.05, 0) is 6.08 Å². The van der Waals surface area contributed by atoms with Crippen molar-refractivity contribution in [2.24, 2.45) is 5.73 Å². The van der Waals surface area contributed by atoms with Crippen molar-refractivity contribution >= 4 is 0 Å². The van der Waals surface area contributed by atoms with Crippen molar-refractivity contribution in [3.05, 3.63) is 24.6 Å². The molecule has 0 saturated heterocycles. The molecular formula is C6H12N2O. The van der Waals surface area contributed by atoms with E-state index in [1.54, 1.807) is 26.3 Å². The largest absolute Gasteiger partial charge is 0.384 e. The van der Waals surface area contributed by atoms with E-state index >= 15 is 0 Å². The van der Waals surface area contributed by atoms with E-state index in [2.05, 4.69) is 6.58 Å². The Kier molecular flexibility index (Phi) is 3.55. The second-order valence-electron chi connectivity index (χ2n) is 1.51. The van der Waals surface area contributed by atoms with Gasteiger partial charge in [-0.2, -0.15) is 0 Å². The number of nitrogens with zero attached hydrogens (tertiary/aromatic N) is 1. The van der Waals surface area contributed by atoms with Crippen LogP contribution in [0.1, 0.15) is 0 Å². The van der Waals surface area contributed by atoms with Crippen molar-refractivity contribution in [2.45, 2.75) is 0 Å². The van der Waals surface area contributed by atoms with E-state index in [1.807, 2.05) is 0 Å². The lowest BCUT2D eigenvalue weighted by Crippen LogP contribution is -2.21. The third kappa shape index (κ3) is 2.77. The highest BCUT2D eigenvalue weighted by Gasteiger charge is 1.92. The molecule has 0 heterocycles. The summed E-state index contributed by atoms with van der Waals surface area (Å²) in [6.45, 7) is 3.48. The number of hydrogen-bond donors (Lipinski definition) is 1. The van der Waals surface area contributed by atoms with Gasteiger partial charge in [0.1, 0.15) is 5.82 Å². The van der Waals surface area contributed by atoms with Crippen molar-refractivity contribution in [2.75, 3.05) is 14.2 Å². The molecule has 0 unspecified atom stereocenters. The number of rotatable bonds is 3. The maximum absolute atomic E-state index is 5.43. The smallest absolute Gasteiger partial charge is 0.123 e. The molecule has 0 fully saturated rings.